The molecule has 2 aromatic rings. The van der Waals surface area contributed by atoms with Crippen molar-refractivity contribution in [2.75, 3.05) is 18.0 Å². The molecule has 30 heavy (non-hydrogen) atoms. The number of benzene rings is 2. The highest BCUT2D eigenvalue weighted by Gasteiger charge is 2.26. The average molecular weight is 451 g/mol. The summed E-state index contributed by atoms with van der Waals surface area (Å²) in [6.45, 7) is -0.427. The molecule has 1 amide bonds. The molecule has 1 N–H and O–H groups in total. The second kappa shape index (κ2) is 9.49. The number of anilines is 1. The Labute approximate surface area is 181 Å². The molecule has 1 fully saturated rings. The van der Waals surface area contributed by atoms with Gasteiger partial charge in [-0.25, -0.2) is 13.2 Å². The SMILES string of the molecule is CN(c1ccccc1)S(=O)(=O)c1cc(C(=O)OCC(=O)NC2CCCC2)ccc1Cl. The molecular weight excluding hydrogens is 428 g/mol. The minimum atomic E-state index is -4.01. The maximum atomic E-state index is 13.0. The van der Waals surface area contributed by atoms with E-state index in [1.165, 1.54) is 19.2 Å². The number of nitrogens with one attached hydrogen (secondary N) is 1. The van der Waals surface area contributed by atoms with Crippen molar-refractivity contribution in [3.05, 3.63) is 59.1 Å². The van der Waals surface area contributed by atoms with E-state index in [4.69, 9.17) is 16.3 Å². The monoisotopic (exact) mass is 450 g/mol. The Hall–Kier alpha value is -2.58. The van der Waals surface area contributed by atoms with Crippen LogP contribution in [-0.2, 0) is 19.6 Å². The third kappa shape index (κ3) is 5.12. The largest absolute Gasteiger partial charge is 0.452 e. The van der Waals surface area contributed by atoms with E-state index >= 15 is 0 Å². The lowest BCUT2D eigenvalue weighted by molar-refractivity contribution is -0.124. The van der Waals surface area contributed by atoms with Crippen molar-refractivity contribution in [2.24, 2.45) is 0 Å². The Morgan fingerprint density at radius 3 is 2.47 bits per heavy atom. The van der Waals surface area contributed by atoms with Gasteiger partial charge in [0.1, 0.15) is 4.90 Å². The van der Waals surface area contributed by atoms with Crippen LogP contribution in [0.4, 0.5) is 5.69 Å². The summed E-state index contributed by atoms with van der Waals surface area (Å²) >= 11 is 6.12. The summed E-state index contributed by atoms with van der Waals surface area (Å²) in [6, 6.07) is 12.5. The number of para-hydroxylation sites is 1. The highest BCUT2D eigenvalue weighted by molar-refractivity contribution is 7.93. The number of ether oxygens (including phenoxy) is 1. The van der Waals surface area contributed by atoms with E-state index in [9.17, 15) is 18.0 Å². The maximum absolute atomic E-state index is 13.0. The standard InChI is InChI=1S/C21H23ClN2O5S/c1-24(17-9-3-2-4-10-17)30(27,28)19-13-15(11-12-18(19)22)21(26)29-14-20(25)23-16-7-5-6-8-16/h2-4,9-13,16H,5-8,14H2,1H3,(H,23,25). The highest BCUT2D eigenvalue weighted by atomic mass is 35.5. The molecule has 0 saturated heterocycles. The number of nitrogens with zero attached hydrogens (tertiary/aromatic N) is 1. The molecule has 0 spiro atoms. The van der Waals surface area contributed by atoms with Crippen molar-refractivity contribution in [1.29, 1.82) is 0 Å². The van der Waals surface area contributed by atoms with E-state index in [1.807, 2.05) is 0 Å². The quantitative estimate of drug-likeness (QED) is 0.653. The summed E-state index contributed by atoms with van der Waals surface area (Å²) in [4.78, 5) is 24.1. The molecular formula is C21H23ClN2O5S. The van der Waals surface area contributed by atoms with Gasteiger partial charge in [-0.1, -0.05) is 42.6 Å². The molecule has 160 valence electrons. The Balaban J connectivity index is 1.72. The van der Waals surface area contributed by atoms with Crippen LogP contribution in [0.15, 0.2) is 53.4 Å². The fourth-order valence-electron chi connectivity index (χ4n) is 3.31. The zero-order chi connectivity index (χ0) is 21.7. The van der Waals surface area contributed by atoms with Crippen molar-refractivity contribution >= 4 is 39.2 Å². The van der Waals surface area contributed by atoms with Gasteiger partial charge in [0.25, 0.3) is 15.9 Å². The molecule has 0 radical (unpaired) electrons. The fraction of sp³-hybridized carbons (Fsp3) is 0.333. The number of hydrogen-bond donors (Lipinski definition) is 1. The zero-order valence-corrected chi connectivity index (χ0v) is 18.1. The van der Waals surface area contributed by atoms with Gasteiger partial charge in [0.15, 0.2) is 6.61 Å². The second-order valence-corrected chi connectivity index (χ2v) is 9.42. The lowest BCUT2D eigenvalue weighted by Crippen LogP contribution is -2.35. The second-order valence-electron chi connectivity index (χ2n) is 7.08. The van der Waals surface area contributed by atoms with Crippen LogP contribution in [0.5, 0.6) is 0 Å². The summed E-state index contributed by atoms with van der Waals surface area (Å²) in [5, 5.41) is 2.80. The van der Waals surface area contributed by atoms with Crippen LogP contribution in [0, 0.1) is 0 Å². The van der Waals surface area contributed by atoms with Crippen LogP contribution in [0.3, 0.4) is 0 Å². The molecule has 0 bridgehead atoms. The molecule has 1 saturated carbocycles. The Morgan fingerprint density at radius 1 is 1.13 bits per heavy atom. The van der Waals surface area contributed by atoms with E-state index in [0.717, 1.165) is 36.1 Å². The maximum Gasteiger partial charge on any atom is 0.338 e. The van der Waals surface area contributed by atoms with Gasteiger partial charge < -0.3 is 10.1 Å². The van der Waals surface area contributed by atoms with Crippen molar-refractivity contribution in [1.82, 2.24) is 5.32 Å². The van der Waals surface area contributed by atoms with Gasteiger partial charge in [-0.15, -0.1) is 0 Å². The molecule has 1 aliphatic rings. The Bertz CT molecular complexity index is 1020. The van der Waals surface area contributed by atoms with Crippen molar-refractivity contribution in [2.45, 2.75) is 36.6 Å². The van der Waals surface area contributed by atoms with E-state index in [-0.39, 0.29) is 27.4 Å². The van der Waals surface area contributed by atoms with Crippen LogP contribution in [0.1, 0.15) is 36.0 Å². The zero-order valence-electron chi connectivity index (χ0n) is 16.5. The molecule has 3 rings (SSSR count). The van der Waals surface area contributed by atoms with Gasteiger partial charge in [-0.2, -0.15) is 0 Å². The third-order valence-corrected chi connectivity index (χ3v) is 7.25. The highest BCUT2D eigenvalue weighted by Crippen LogP contribution is 2.28. The first-order valence-corrected chi connectivity index (χ1v) is 11.4. The van der Waals surface area contributed by atoms with Gasteiger partial charge >= 0.3 is 5.97 Å². The van der Waals surface area contributed by atoms with E-state index in [2.05, 4.69) is 5.32 Å². The summed E-state index contributed by atoms with van der Waals surface area (Å²) in [5.41, 5.74) is 0.443. The number of halogens is 1. The average Bonchev–Trinajstić information content (AvgIpc) is 3.25. The van der Waals surface area contributed by atoms with E-state index < -0.39 is 22.6 Å². The number of sulfonamides is 1. The topological polar surface area (TPSA) is 92.8 Å². The smallest absolute Gasteiger partial charge is 0.338 e. The number of rotatable bonds is 7. The van der Waals surface area contributed by atoms with Crippen LogP contribution in [0.2, 0.25) is 5.02 Å². The minimum Gasteiger partial charge on any atom is -0.452 e. The third-order valence-electron chi connectivity index (χ3n) is 4.98. The summed E-state index contributed by atoms with van der Waals surface area (Å²) in [7, 11) is -2.61. The molecule has 0 atom stereocenters. The van der Waals surface area contributed by atoms with Gasteiger partial charge in [0, 0.05) is 13.1 Å². The number of hydrogen-bond acceptors (Lipinski definition) is 5. The predicted octanol–water partition coefficient (Wildman–Crippen LogP) is 3.38. The van der Waals surface area contributed by atoms with Gasteiger partial charge in [0.05, 0.1) is 16.3 Å². The van der Waals surface area contributed by atoms with Gasteiger partial charge in [0.2, 0.25) is 0 Å². The minimum absolute atomic E-state index is 0.00639. The number of amides is 1. The van der Waals surface area contributed by atoms with Crippen molar-refractivity contribution < 1.29 is 22.7 Å². The molecule has 2 aromatic carbocycles. The first-order chi connectivity index (χ1) is 14.3. The first-order valence-electron chi connectivity index (χ1n) is 9.59. The molecule has 0 unspecified atom stereocenters. The van der Waals surface area contributed by atoms with Gasteiger partial charge in [-0.05, 0) is 43.2 Å². The summed E-state index contributed by atoms with van der Waals surface area (Å²) < 4.78 is 32.2. The lowest BCUT2D eigenvalue weighted by atomic mass is 10.2. The lowest BCUT2D eigenvalue weighted by Gasteiger charge is -2.20. The molecule has 1 aliphatic carbocycles. The fourth-order valence-corrected chi connectivity index (χ4v) is 5.00. The van der Waals surface area contributed by atoms with E-state index in [1.54, 1.807) is 30.3 Å². The molecule has 0 heterocycles. The summed E-state index contributed by atoms with van der Waals surface area (Å²) in [5.74, 6) is -1.17. The number of carbonyl (C=O) groups excluding carboxylic acids is 2. The van der Waals surface area contributed by atoms with E-state index in [0.29, 0.717) is 5.69 Å². The van der Waals surface area contributed by atoms with Gasteiger partial charge in [-0.3, -0.25) is 9.10 Å². The Kier molecular flexibility index (Phi) is 6.99. The van der Waals surface area contributed by atoms with Crippen LogP contribution >= 0.6 is 11.6 Å². The Morgan fingerprint density at radius 2 is 1.80 bits per heavy atom. The number of carbonyl (C=O) groups is 2. The first kappa shape index (κ1) is 22.1. The molecule has 9 heteroatoms. The normalized spacial score (nSPS) is 14.3. The van der Waals surface area contributed by atoms with Crippen molar-refractivity contribution in [3.63, 3.8) is 0 Å². The predicted molar refractivity (Wildman–Crippen MR) is 114 cm³/mol. The molecule has 0 aromatic heterocycles. The van der Waals surface area contributed by atoms with Crippen LogP contribution in [-0.4, -0.2) is 40.0 Å². The molecule has 7 nitrogen and oxygen atoms in total. The molecule has 0 aliphatic heterocycles. The number of esters is 1. The summed E-state index contributed by atoms with van der Waals surface area (Å²) in [6.07, 6.45) is 3.99. The van der Waals surface area contributed by atoms with Crippen molar-refractivity contribution in [3.8, 4) is 0 Å². The van der Waals surface area contributed by atoms with Crippen LogP contribution in [0.25, 0.3) is 0 Å². The van der Waals surface area contributed by atoms with Crippen LogP contribution < -0.4 is 9.62 Å².